The van der Waals surface area contributed by atoms with E-state index in [1.807, 2.05) is 6.92 Å². The van der Waals surface area contributed by atoms with E-state index in [-0.39, 0.29) is 6.10 Å². The van der Waals surface area contributed by atoms with E-state index in [4.69, 9.17) is 5.11 Å². The van der Waals surface area contributed by atoms with Crippen LogP contribution in [0.4, 0.5) is 0 Å². The fourth-order valence-electron chi connectivity index (χ4n) is 0.691. The highest BCUT2D eigenvalue weighted by atomic mass is 79.9. The Labute approximate surface area is 87.8 Å². The molecule has 0 radical (unpaired) electrons. The summed E-state index contributed by atoms with van der Waals surface area (Å²) in [5.74, 6) is 1.85. The first-order valence-electron chi connectivity index (χ1n) is 4.14. The molecule has 3 heteroatoms. The van der Waals surface area contributed by atoms with Crippen molar-refractivity contribution in [1.82, 2.24) is 0 Å². The summed E-state index contributed by atoms with van der Waals surface area (Å²) in [5.41, 5.74) is 1.42. The molecule has 0 spiro atoms. The molecule has 12 heavy (non-hydrogen) atoms. The molecular weight excluding hydrogens is 236 g/mol. The predicted octanol–water partition coefficient (Wildman–Crippen LogP) is 2.83. The zero-order valence-corrected chi connectivity index (χ0v) is 10.1. The summed E-state index contributed by atoms with van der Waals surface area (Å²) in [4.78, 5) is 0. The number of aliphatic hydroxyl groups excluding tert-OH is 1. The maximum atomic E-state index is 8.97. The molecule has 0 fully saturated rings. The number of alkyl halides is 1. The Morgan fingerprint density at radius 2 is 2.33 bits per heavy atom. The second-order valence-corrected chi connectivity index (χ2v) is 4.74. The largest absolute Gasteiger partial charge is 0.393 e. The van der Waals surface area contributed by atoms with Crippen molar-refractivity contribution in [2.24, 2.45) is 0 Å². The molecule has 1 N–H and O–H groups in total. The van der Waals surface area contributed by atoms with E-state index in [9.17, 15) is 0 Å². The molecule has 0 aliphatic heterocycles. The van der Waals surface area contributed by atoms with Crippen LogP contribution in [0.25, 0.3) is 0 Å². The number of halogens is 1. The Bertz CT molecular complexity index is 134. The Morgan fingerprint density at radius 3 is 2.83 bits per heavy atom. The number of aliphatic hydroxyl groups is 1. The Kier molecular flexibility index (Phi) is 8.50. The van der Waals surface area contributed by atoms with Gasteiger partial charge in [0.05, 0.1) is 6.10 Å². The maximum Gasteiger partial charge on any atom is 0.0602 e. The van der Waals surface area contributed by atoms with Crippen LogP contribution in [-0.2, 0) is 0 Å². The van der Waals surface area contributed by atoms with Crippen molar-refractivity contribution in [3.05, 3.63) is 11.6 Å². The van der Waals surface area contributed by atoms with E-state index < -0.39 is 0 Å². The molecule has 0 aromatic carbocycles. The highest BCUT2D eigenvalue weighted by Crippen LogP contribution is 2.07. The summed E-state index contributed by atoms with van der Waals surface area (Å²) in [6.07, 6.45) is 3.17. The molecule has 0 aliphatic carbocycles. The van der Waals surface area contributed by atoms with Crippen LogP contribution in [0.3, 0.4) is 0 Å². The molecule has 72 valence electrons. The third-order valence-electron chi connectivity index (χ3n) is 1.40. The van der Waals surface area contributed by atoms with Gasteiger partial charge in [0.1, 0.15) is 0 Å². The van der Waals surface area contributed by atoms with Gasteiger partial charge in [-0.05, 0) is 20.3 Å². The minimum atomic E-state index is -0.181. The molecule has 1 nitrogen and oxygen atoms in total. The van der Waals surface area contributed by atoms with Crippen LogP contribution in [0.1, 0.15) is 20.3 Å². The second-order valence-electron chi connectivity index (χ2n) is 2.88. The average molecular weight is 253 g/mol. The average Bonchev–Trinajstić information content (AvgIpc) is 1.98. The minimum absolute atomic E-state index is 0.181. The highest BCUT2D eigenvalue weighted by molar-refractivity contribution is 9.09. The first-order valence-corrected chi connectivity index (χ1v) is 6.42. The summed E-state index contributed by atoms with van der Waals surface area (Å²) < 4.78 is 0. The van der Waals surface area contributed by atoms with Gasteiger partial charge in [-0.3, -0.25) is 0 Å². The summed E-state index contributed by atoms with van der Waals surface area (Å²) in [5, 5.41) is 10.0. The predicted molar refractivity (Wildman–Crippen MR) is 61.2 cm³/mol. The summed E-state index contributed by atoms with van der Waals surface area (Å²) in [7, 11) is 0. The number of hydrogen-bond acceptors (Lipinski definition) is 2. The van der Waals surface area contributed by atoms with Gasteiger partial charge in [0.2, 0.25) is 0 Å². The number of allylic oxidation sites excluding steroid dienone is 1. The van der Waals surface area contributed by atoms with Crippen LogP contribution in [0.5, 0.6) is 0 Å². The lowest BCUT2D eigenvalue weighted by Crippen LogP contribution is -2.02. The van der Waals surface area contributed by atoms with Gasteiger partial charge in [0.25, 0.3) is 0 Å². The molecule has 0 saturated carbocycles. The first kappa shape index (κ1) is 12.5. The fraction of sp³-hybridized carbons (Fsp3) is 0.778. The summed E-state index contributed by atoms with van der Waals surface area (Å²) in [6.45, 7) is 3.96. The summed E-state index contributed by atoms with van der Waals surface area (Å²) in [6, 6.07) is 0. The monoisotopic (exact) mass is 252 g/mol. The molecular formula is C9H17BrOS. The number of hydrogen-bond donors (Lipinski definition) is 1. The lowest BCUT2D eigenvalue weighted by molar-refractivity contribution is 0.220. The van der Waals surface area contributed by atoms with Crippen LogP contribution in [-0.4, -0.2) is 28.0 Å². The zero-order chi connectivity index (χ0) is 9.40. The fourth-order valence-corrected chi connectivity index (χ4v) is 2.20. The minimum Gasteiger partial charge on any atom is -0.393 e. The standard InChI is InChI=1S/C9H17BrOS/c1-8(3-5-10)4-6-12-7-9(2)11/h4,9,11H,3,5-7H2,1-2H3/b8-4+. The van der Waals surface area contributed by atoms with Gasteiger partial charge in [0.15, 0.2) is 0 Å². The van der Waals surface area contributed by atoms with Crippen LogP contribution in [0.15, 0.2) is 11.6 Å². The van der Waals surface area contributed by atoms with E-state index >= 15 is 0 Å². The van der Waals surface area contributed by atoms with Crippen molar-refractivity contribution in [1.29, 1.82) is 0 Å². The Hall–Kier alpha value is 0.530. The van der Waals surface area contributed by atoms with Crippen molar-refractivity contribution in [3.63, 3.8) is 0 Å². The molecule has 0 rings (SSSR count). The third kappa shape index (κ3) is 8.62. The van der Waals surface area contributed by atoms with E-state index in [1.54, 1.807) is 11.8 Å². The Morgan fingerprint density at radius 1 is 1.67 bits per heavy atom. The molecule has 1 atom stereocenters. The van der Waals surface area contributed by atoms with E-state index in [1.165, 1.54) is 5.57 Å². The molecule has 0 aliphatic rings. The number of rotatable bonds is 6. The smallest absolute Gasteiger partial charge is 0.0602 e. The quantitative estimate of drug-likeness (QED) is 0.446. The lowest BCUT2D eigenvalue weighted by atomic mass is 10.2. The van der Waals surface area contributed by atoms with Gasteiger partial charge in [-0.2, -0.15) is 11.8 Å². The normalized spacial score (nSPS) is 14.8. The molecule has 1 unspecified atom stereocenters. The van der Waals surface area contributed by atoms with E-state index in [2.05, 4.69) is 28.9 Å². The van der Waals surface area contributed by atoms with Gasteiger partial charge in [-0.15, -0.1) is 0 Å². The molecule has 0 heterocycles. The third-order valence-corrected chi connectivity index (χ3v) is 2.91. The van der Waals surface area contributed by atoms with Crippen LogP contribution >= 0.6 is 27.7 Å². The van der Waals surface area contributed by atoms with Crippen molar-refractivity contribution < 1.29 is 5.11 Å². The molecule has 0 saturated heterocycles. The van der Waals surface area contributed by atoms with Crippen LogP contribution in [0, 0.1) is 0 Å². The summed E-state index contributed by atoms with van der Waals surface area (Å²) >= 11 is 5.17. The van der Waals surface area contributed by atoms with Gasteiger partial charge in [-0.1, -0.05) is 27.6 Å². The van der Waals surface area contributed by atoms with Crippen molar-refractivity contribution in [2.45, 2.75) is 26.4 Å². The maximum absolute atomic E-state index is 8.97. The zero-order valence-electron chi connectivity index (χ0n) is 7.72. The van der Waals surface area contributed by atoms with E-state index in [0.29, 0.717) is 0 Å². The van der Waals surface area contributed by atoms with Crippen LogP contribution in [0.2, 0.25) is 0 Å². The van der Waals surface area contributed by atoms with Crippen molar-refractivity contribution in [3.8, 4) is 0 Å². The second kappa shape index (κ2) is 8.14. The molecule has 0 amide bonds. The van der Waals surface area contributed by atoms with Gasteiger partial charge < -0.3 is 5.11 Å². The SMILES string of the molecule is C/C(=C\CSCC(C)O)CCBr. The first-order chi connectivity index (χ1) is 5.66. The number of thioether (sulfide) groups is 1. The molecule has 0 aromatic heterocycles. The molecule has 0 bridgehead atoms. The topological polar surface area (TPSA) is 20.2 Å². The van der Waals surface area contributed by atoms with Crippen molar-refractivity contribution in [2.75, 3.05) is 16.8 Å². The molecule has 0 aromatic rings. The van der Waals surface area contributed by atoms with Crippen molar-refractivity contribution >= 4 is 27.7 Å². The lowest BCUT2D eigenvalue weighted by Gasteiger charge is -2.01. The van der Waals surface area contributed by atoms with Gasteiger partial charge in [-0.25, -0.2) is 0 Å². The highest BCUT2D eigenvalue weighted by Gasteiger charge is 1.93. The van der Waals surface area contributed by atoms with E-state index in [0.717, 1.165) is 23.3 Å². The van der Waals surface area contributed by atoms with Gasteiger partial charge >= 0.3 is 0 Å². The van der Waals surface area contributed by atoms with Crippen LogP contribution < -0.4 is 0 Å². The van der Waals surface area contributed by atoms with Gasteiger partial charge in [0, 0.05) is 16.8 Å². The Balaban J connectivity index is 3.33.